The molecule has 0 radical (unpaired) electrons. The Labute approximate surface area is 162 Å². The number of nitrogens with one attached hydrogen (secondary N) is 1. The van der Waals surface area contributed by atoms with Crippen LogP contribution in [0.15, 0.2) is 36.4 Å². The summed E-state index contributed by atoms with van der Waals surface area (Å²) in [7, 11) is -3.58. The lowest BCUT2D eigenvalue weighted by Gasteiger charge is -2.23. The summed E-state index contributed by atoms with van der Waals surface area (Å²) in [5, 5.41) is 2.79. The van der Waals surface area contributed by atoms with Gasteiger partial charge in [-0.3, -0.25) is 9.10 Å². The molecular weight excluding hydrogens is 451 g/mol. The van der Waals surface area contributed by atoms with Crippen molar-refractivity contribution in [3.05, 3.63) is 56.7 Å². The molecular formula is C18H21IN2O3S. The molecule has 0 saturated carbocycles. The number of nitrogens with zero attached hydrogens (tertiary/aromatic N) is 1. The summed E-state index contributed by atoms with van der Waals surface area (Å²) >= 11 is 2.20. The van der Waals surface area contributed by atoms with Crippen LogP contribution in [0.3, 0.4) is 0 Å². The molecule has 1 N–H and O–H groups in total. The van der Waals surface area contributed by atoms with E-state index in [0.29, 0.717) is 11.4 Å². The molecule has 0 atom stereocenters. The van der Waals surface area contributed by atoms with Gasteiger partial charge in [0, 0.05) is 9.26 Å². The Kier molecular flexibility index (Phi) is 6.10. The Morgan fingerprint density at radius 3 is 2.28 bits per heavy atom. The summed E-state index contributed by atoms with van der Waals surface area (Å²) in [6.07, 6.45) is 1.10. The Morgan fingerprint density at radius 1 is 1.04 bits per heavy atom. The van der Waals surface area contributed by atoms with Crippen LogP contribution in [0.25, 0.3) is 0 Å². The number of benzene rings is 2. The zero-order chi connectivity index (χ0) is 18.8. The van der Waals surface area contributed by atoms with E-state index in [2.05, 4.69) is 27.9 Å². The van der Waals surface area contributed by atoms with Crippen molar-refractivity contribution >= 4 is 49.9 Å². The Morgan fingerprint density at radius 2 is 1.72 bits per heavy atom. The molecule has 0 aliphatic carbocycles. The summed E-state index contributed by atoms with van der Waals surface area (Å²) in [5.41, 5.74) is 4.13. The second kappa shape index (κ2) is 7.74. The van der Waals surface area contributed by atoms with Gasteiger partial charge >= 0.3 is 0 Å². The number of carbonyl (C=O) groups is 1. The first-order valence-electron chi connectivity index (χ1n) is 7.69. The van der Waals surface area contributed by atoms with E-state index in [-0.39, 0.29) is 12.5 Å². The van der Waals surface area contributed by atoms with Gasteiger partial charge in [-0.15, -0.1) is 0 Å². The third-order valence-corrected chi connectivity index (χ3v) is 5.74. The van der Waals surface area contributed by atoms with Crippen LogP contribution in [-0.2, 0) is 14.8 Å². The number of aryl methyl sites for hydroxylation is 3. The molecule has 0 bridgehead atoms. The number of hydrogen-bond donors (Lipinski definition) is 1. The fourth-order valence-electron chi connectivity index (χ4n) is 2.37. The highest BCUT2D eigenvalue weighted by molar-refractivity contribution is 14.1. The summed E-state index contributed by atoms with van der Waals surface area (Å²) in [6, 6.07) is 11.0. The van der Waals surface area contributed by atoms with Gasteiger partial charge in [-0.1, -0.05) is 6.07 Å². The van der Waals surface area contributed by atoms with Crippen molar-refractivity contribution in [1.29, 1.82) is 0 Å². The van der Waals surface area contributed by atoms with Crippen molar-refractivity contribution in [2.75, 3.05) is 22.4 Å². The van der Waals surface area contributed by atoms with E-state index in [0.717, 1.165) is 30.8 Å². The average Bonchev–Trinajstić information content (AvgIpc) is 2.49. The quantitative estimate of drug-likeness (QED) is 0.677. The zero-order valence-corrected chi connectivity index (χ0v) is 17.6. The van der Waals surface area contributed by atoms with Crippen molar-refractivity contribution in [2.45, 2.75) is 20.8 Å². The maximum atomic E-state index is 12.4. The first-order chi connectivity index (χ1) is 11.6. The van der Waals surface area contributed by atoms with Crippen LogP contribution in [0.4, 0.5) is 11.4 Å². The summed E-state index contributed by atoms with van der Waals surface area (Å²) < 4.78 is 26.5. The minimum Gasteiger partial charge on any atom is -0.324 e. The molecule has 1 amide bonds. The number of rotatable bonds is 5. The van der Waals surface area contributed by atoms with Crippen molar-refractivity contribution in [1.82, 2.24) is 0 Å². The van der Waals surface area contributed by atoms with Gasteiger partial charge in [-0.25, -0.2) is 8.42 Å². The second-order valence-corrected chi connectivity index (χ2v) is 9.20. The zero-order valence-electron chi connectivity index (χ0n) is 14.6. The van der Waals surface area contributed by atoms with Crippen LogP contribution in [0.2, 0.25) is 0 Å². The highest BCUT2D eigenvalue weighted by Crippen LogP contribution is 2.22. The molecule has 0 fully saturated rings. The molecule has 0 unspecified atom stereocenters. The molecule has 2 aromatic rings. The number of amides is 1. The van der Waals surface area contributed by atoms with Crippen LogP contribution in [0.1, 0.15) is 16.7 Å². The smallest absolute Gasteiger partial charge is 0.245 e. The SMILES string of the molecule is Cc1ccc(N(CC(=O)Nc2ccc(I)cc2C)S(C)(=O)=O)cc1C. The van der Waals surface area contributed by atoms with Crippen molar-refractivity contribution in [2.24, 2.45) is 0 Å². The third kappa shape index (κ3) is 5.18. The van der Waals surface area contributed by atoms with E-state index in [1.165, 1.54) is 0 Å². The predicted molar refractivity (Wildman–Crippen MR) is 111 cm³/mol. The van der Waals surface area contributed by atoms with Gasteiger partial charge in [0.25, 0.3) is 0 Å². The van der Waals surface area contributed by atoms with Gasteiger partial charge in [0.05, 0.1) is 11.9 Å². The van der Waals surface area contributed by atoms with Crippen LogP contribution in [-0.4, -0.2) is 27.1 Å². The normalized spacial score (nSPS) is 11.2. The molecule has 2 rings (SSSR count). The topological polar surface area (TPSA) is 66.5 Å². The van der Waals surface area contributed by atoms with Crippen molar-refractivity contribution in [3.63, 3.8) is 0 Å². The Hall–Kier alpha value is -1.61. The maximum Gasteiger partial charge on any atom is 0.245 e. The highest BCUT2D eigenvalue weighted by atomic mass is 127. The molecule has 134 valence electrons. The molecule has 0 saturated heterocycles. The standard InChI is InChI=1S/C18H21IN2O3S/c1-12-5-7-16(10-13(12)2)21(25(4,23)24)11-18(22)20-17-8-6-15(19)9-14(17)3/h5-10H,11H2,1-4H3,(H,20,22). The van der Waals surface area contributed by atoms with E-state index in [1.54, 1.807) is 12.1 Å². The summed E-state index contributed by atoms with van der Waals surface area (Å²) in [4.78, 5) is 12.4. The number of halogens is 1. The van der Waals surface area contributed by atoms with E-state index < -0.39 is 10.0 Å². The largest absolute Gasteiger partial charge is 0.324 e. The molecule has 0 aliphatic rings. The molecule has 0 heterocycles. The first-order valence-corrected chi connectivity index (χ1v) is 10.6. The fourth-order valence-corrected chi connectivity index (χ4v) is 3.86. The van der Waals surface area contributed by atoms with Gasteiger partial charge in [0.1, 0.15) is 6.54 Å². The minimum absolute atomic E-state index is 0.271. The van der Waals surface area contributed by atoms with E-state index >= 15 is 0 Å². The van der Waals surface area contributed by atoms with Crippen molar-refractivity contribution < 1.29 is 13.2 Å². The lowest BCUT2D eigenvalue weighted by Crippen LogP contribution is -2.37. The molecule has 0 aliphatic heterocycles. The summed E-state index contributed by atoms with van der Waals surface area (Å²) in [6.45, 7) is 5.49. The van der Waals surface area contributed by atoms with Gasteiger partial charge < -0.3 is 5.32 Å². The number of hydrogen-bond acceptors (Lipinski definition) is 3. The monoisotopic (exact) mass is 472 g/mol. The highest BCUT2D eigenvalue weighted by Gasteiger charge is 2.21. The van der Waals surface area contributed by atoms with Crippen LogP contribution >= 0.6 is 22.6 Å². The van der Waals surface area contributed by atoms with E-state index in [9.17, 15) is 13.2 Å². The molecule has 25 heavy (non-hydrogen) atoms. The second-order valence-electron chi connectivity index (χ2n) is 6.05. The van der Waals surface area contributed by atoms with Gasteiger partial charge in [0.15, 0.2) is 0 Å². The first kappa shape index (κ1) is 19.7. The van der Waals surface area contributed by atoms with Gasteiger partial charge in [-0.2, -0.15) is 0 Å². The number of carbonyl (C=O) groups excluding carboxylic acids is 1. The van der Waals surface area contributed by atoms with Crippen LogP contribution in [0, 0.1) is 24.3 Å². The average molecular weight is 472 g/mol. The molecule has 0 aromatic heterocycles. The lowest BCUT2D eigenvalue weighted by molar-refractivity contribution is -0.114. The molecule has 7 heteroatoms. The van der Waals surface area contributed by atoms with E-state index in [1.807, 2.05) is 45.0 Å². The van der Waals surface area contributed by atoms with Gasteiger partial charge in [0.2, 0.25) is 15.9 Å². The van der Waals surface area contributed by atoms with Crippen molar-refractivity contribution in [3.8, 4) is 0 Å². The third-order valence-electron chi connectivity index (χ3n) is 3.93. The number of anilines is 2. The fraction of sp³-hybridized carbons (Fsp3) is 0.278. The number of sulfonamides is 1. The Bertz CT molecular complexity index is 911. The van der Waals surface area contributed by atoms with Crippen LogP contribution in [0.5, 0.6) is 0 Å². The Balaban J connectivity index is 2.25. The van der Waals surface area contributed by atoms with Gasteiger partial charge in [-0.05, 0) is 90.4 Å². The molecule has 2 aromatic carbocycles. The van der Waals surface area contributed by atoms with E-state index in [4.69, 9.17) is 0 Å². The van der Waals surface area contributed by atoms with Crippen LogP contribution < -0.4 is 9.62 Å². The molecule has 5 nitrogen and oxygen atoms in total. The minimum atomic E-state index is -3.58. The lowest BCUT2D eigenvalue weighted by atomic mass is 10.1. The molecule has 0 spiro atoms. The maximum absolute atomic E-state index is 12.4. The predicted octanol–water partition coefficient (Wildman–Crippen LogP) is 3.62. The summed E-state index contributed by atoms with van der Waals surface area (Å²) in [5.74, 6) is -0.382.